The molecule has 0 bridgehead atoms. The van der Waals surface area contributed by atoms with Crippen molar-refractivity contribution in [3.8, 4) is 0 Å². The monoisotopic (exact) mass is 300 g/mol. The van der Waals surface area contributed by atoms with E-state index in [0.29, 0.717) is 24.9 Å². The fraction of sp³-hybridized carbons (Fsp3) is 0.462. The third-order valence-electron chi connectivity index (χ3n) is 2.97. The molecule has 0 saturated heterocycles. The third-order valence-corrected chi connectivity index (χ3v) is 4.82. The zero-order valence-corrected chi connectivity index (χ0v) is 12.3. The summed E-state index contributed by atoms with van der Waals surface area (Å²) >= 11 is 0. The second-order valence-electron chi connectivity index (χ2n) is 4.46. The number of para-hydroxylation sites is 1. The minimum absolute atomic E-state index is 0.0408. The second kappa shape index (κ2) is 7.86. The number of amides is 1. The van der Waals surface area contributed by atoms with E-state index >= 15 is 0 Å². The van der Waals surface area contributed by atoms with Gasteiger partial charge < -0.3 is 0 Å². The van der Waals surface area contributed by atoms with Gasteiger partial charge in [-0.3, -0.25) is 14.3 Å². The van der Waals surface area contributed by atoms with Crippen LogP contribution in [0.15, 0.2) is 30.3 Å². The number of hydrogen-bond donors (Lipinski definition) is 2. The van der Waals surface area contributed by atoms with Crippen molar-refractivity contribution in [2.75, 3.05) is 17.1 Å². The Morgan fingerprint density at radius 2 is 1.85 bits per heavy atom. The van der Waals surface area contributed by atoms with Crippen molar-refractivity contribution < 1.29 is 18.4 Å². The molecule has 0 spiro atoms. The Bertz CT molecular complexity index is 516. The summed E-state index contributed by atoms with van der Waals surface area (Å²) in [5.74, 6) is -0.409. The van der Waals surface area contributed by atoms with Gasteiger partial charge in [0.15, 0.2) is 0 Å². The van der Waals surface area contributed by atoms with Crippen LogP contribution in [-0.4, -0.2) is 32.3 Å². The van der Waals surface area contributed by atoms with Gasteiger partial charge in [-0.25, -0.2) is 13.9 Å². The molecule has 0 fully saturated rings. The van der Waals surface area contributed by atoms with Crippen LogP contribution in [0.5, 0.6) is 0 Å². The molecule has 0 aliphatic heterocycles. The maximum atomic E-state index is 12.1. The Hall–Kier alpha value is -1.60. The Morgan fingerprint density at radius 1 is 1.20 bits per heavy atom. The van der Waals surface area contributed by atoms with Crippen LogP contribution < -0.4 is 9.79 Å². The molecule has 1 rings (SSSR count). The molecule has 0 radical (unpaired) electrons. The summed E-state index contributed by atoms with van der Waals surface area (Å²) in [7, 11) is -1.80. The fourth-order valence-electron chi connectivity index (χ4n) is 1.74. The lowest BCUT2D eigenvalue weighted by atomic mass is 10.2. The molecule has 0 heterocycles. The normalized spacial score (nSPS) is 11.1. The van der Waals surface area contributed by atoms with Gasteiger partial charge in [0, 0.05) is 13.5 Å². The van der Waals surface area contributed by atoms with Crippen LogP contribution >= 0.6 is 0 Å². The van der Waals surface area contributed by atoms with Gasteiger partial charge in [0.2, 0.25) is 15.9 Å². The van der Waals surface area contributed by atoms with Crippen LogP contribution in [0.2, 0.25) is 0 Å². The zero-order chi connectivity index (χ0) is 15.0. The maximum absolute atomic E-state index is 12.1. The number of nitrogens with zero attached hydrogens (tertiary/aromatic N) is 1. The molecule has 1 aromatic carbocycles. The van der Waals surface area contributed by atoms with Crippen molar-refractivity contribution >= 4 is 21.6 Å². The van der Waals surface area contributed by atoms with Gasteiger partial charge in [0.25, 0.3) is 0 Å². The van der Waals surface area contributed by atoms with E-state index in [2.05, 4.69) is 0 Å². The Morgan fingerprint density at radius 3 is 2.45 bits per heavy atom. The topological polar surface area (TPSA) is 86.7 Å². The van der Waals surface area contributed by atoms with E-state index < -0.39 is 15.9 Å². The van der Waals surface area contributed by atoms with Crippen molar-refractivity contribution in [1.29, 1.82) is 0 Å². The van der Waals surface area contributed by atoms with Gasteiger partial charge in [-0.2, -0.15) is 0 Å². The number of anilines is 1. The number of nitrogens with one attached hydrogen (secondary N) is 1. The molecule has 1 amide bonds. The minimum atomic E-state index is -3.34. The molecule has 0 atom stereocenters. The number of benzene rings is 1. The van der Waals surface area contributed by atoms with Crippen molar-refractivity contribution in [3.63, 3.8) is 0 Å². The lowest BCUT2D eigenvalue weighted by molar-refractivity contribution is -0.129. The fourth-order valence-corrected chi connectivity index (χ4v) is 3.02. The van der Waals surface area contributed by atoms with Gasteiger partial charge in [-0.15, -0.1) is 0 Å². The third kappa shape index (κ3) is 5.18. The van der Waals surface area contributed by atoms with E-state index in [-0.39, 0.29) is 12.2 Å². The first-order valence-electron chi connectivity index (χ1n) is 6.42. The molecule has 0 unspecified atom stereocenters. The summed E-state index contributed by atoms with van der Waals surface area (Å²) in [4.78, 5) is 10.8. The highest BCUT2D eigenvalue weighted by Gasteiger charge is 2.17. The molecular formula is C13H20N2O4S. The standard InChI is InChI=1S/C13H20N2O4S/c1-15(12-8-4-2-5-9-12)20(18,19)11-7-3-6-10-13(16)14-17/h2,4-5,8-9,17H,3,6-7,10-11H2,1H3,(H,14,16). The number of unbranched alkanes of at least 4 members (excludes halogenated alkanes) is 2. The molecule has 0 aromatic heterocycles. The lowest BCUT2D eigenvalue weighted by Crippen LogP contribution is -2.29. The predicted molar refractivity (Wildman–Crippen MR) is 77.0 cm³/mol. The predicted octanol–water partition coefficient (Wildman–Crippen LogP) is 1.52. The van der Waals surface area contributed by atoms with Crippen LogP contribution in [0, 0.1) is 0 Å². The van der Waals surface area contributed by atoms with Gasteiger partial charge >= 0.3 is 0 Å². The first-order valence-corrected chi connectivity index (χ1v) is 8.03. The molecule has 7 heteroatoms. The number of carbonyl (C=O) groups excluding carboxylic acids is 1. The number of rotatable bonds is 8. The van der Waals surface area contributed by atoms with E-state index in [1.54, 1.807) is 29.7 Å². The van der Waals surface area contributed by atoms with Crippen LogP contribution in [-0.2, 0) is 14.8 Å². The highest BCUT2D eigenvalue weighted by Crippen LogP contribution is 2.16. The van der Waals surface area contributed by atoms with Crippen LogP contribution in [0.3, 0.4) is 0 Å². The minimum Gasteiger partial charge on any atom is -0.289 e. The SMILES string of the molecule is CN(c1ccccc1)S(=O)(=O)CCCCCC(=O)NO. The lowest BCUT2D eigenvalue weighted by Gasteiger charge is -2.19. The van der Waals surface area contributed by atoms with Gasteiger partial charge in [-0.1, -0.05) is 24.6 Å². The Balaban J connectivity index is 2.40. The van der Waals surface area contributed by atoms with Gasteiger partial charge in [-0.05, 0) is 25.0 Å². The number of carbonyl (C=O) groups is 1. The summed E-state index contributed by atoms with van der Waals surface area (Å²) in [5, 5.41) is 8.32. The smallest absolute Gasteiger partial charge is 0.243 e. The molecule has 6 nitrogen and oxygen atoms in total. The molecule has 0 aliphatic carbocycles. The maximum Gasteiger partial charge on any atom is 0.243 e. The zero-order valence-electron chi connectivity index (χ0n) is 11.4. The van der Waals surface area contributed by atoms with Crippen LogP contribution in [0.4, 0.5) is 5.69 Å². The summed E-state index contributed by atoms with van der Waals surface area (Å²) in [6.07, 6.45) is 1.86. The Labute approximate surface area is 119 Å². The number of hydrogen-bond acceptors (Lipinski definition) is 4. The second-order valence-corrected chi connectivity index (χ2v) is 6.58. The van der Waals surface area contributed by atoms with E-state index in [1.807, 2.05) is 6.07 Å². The van der Waals surface area contributed by atoms with Crippen molar-refractivity contribution in [1.82, 2.24) is 5.48 Å². The highest BCUT2D eigenvalue weighted by atomic mass is 32.2. The van der Waals surface area contributed by atoms with Crippen molar-refractivity contribution in [3.05, 3.63) is 30.3 Å². The number of sulfonamides is 1. The first kappa shape index (κ1) is 16.5. The quantitative estimate of drug-likeness (QED) is 0.433. The van der Waals surface area contributed by atoms with E-state index in [9.17, 15) is 13.2 Å². The van der Waals surface area contributed by atoms with Gasteiger partial charge in [0.1, 0.15) is 0 Å². The average molecular weight is 300 g/mol. The molecule has 0 aliphatic rings. The summed E-state index contributed by atoms with van der Waals surface area (Å²) in [6, 6.07) is 8.88. The summed E-state index contributed by atoms with van der Waals surface area (Å²) < 4.78 is 25.5. The summed E-state index contributed by atoms with van der Waals surface area (Å²) in [5.41, 5.74) is 2.18. The highest BCUT2D eigenvalue weighted by molar-refractivity contribution is 7.92. The van der Waals surface area contributed by atoms with Crippen LogP contribution in [0.25, 0.3) is 0 Å². The van der Waals surface area contributed by atoms with Crippen molar-refractivity contribution in [2.45, 2.75) is 25.7 Å². The average Bonchev–Trinajstić information content (AvgIpc) is 2.46. The number of hydroxylamine groups is 1. The largest absolute Gasteiger partial charge is 0.289 e. The molecule has 1 aromatic rings. The molecule has 20 heavy (non-hydrogen) atoms. The molecular weight excluding hydrogens is 280 g/mol. The van der Waals surface area contributed by atoms with Crippen LogP contribution in [0.1, 0.15) is 25.7 Å². The molecule has 2 N–H and O–H groups in total. The summed E-state index contributed by atoms with van der Waals surface area (Å²) in [6.45, 7) is 0. The molecule has 0 saturated carbocycles. The van der Waals surface area contributed by atoms with E-state index in [4.69, 9.17) is 5.21 Å². The van der Waals surface area contributed by atoms with E-state index in [1.165, 1.54) is 11.4 Å². The first-order chi connectivity index (χ1) is 9.47. The van der Waals surface area contributed by atoms with E-state index in [0.717, 1.165) is 0 Å². The van der Waals surface area contributed by atoms with Gasteiger partial charge in [0.05, 0.1) is 11.4 Å². The Kier molecular flexibility index (Phi) is 6.47. The van der Waals surface area contributed by atoms with Crippen molar-refractivity contribution in [2.24, 2.45) is 0 Å². The molecule has 112 valence electrons.